The molecule has 0 spiro atoms. The summed E-state index contributed by atoms with van der Waals surface area (Å²) in [7, 11) is 0. The van der Waals surface area contributed by atoms with Crippen LogP contribution in [-0.4, -0.2) is 30.8 Å². The molecule has 482 valence electrons. The van der Waals surface area contributed by atoms with Crippen LogP contribution in [0.2, 0.25) is 0 Å². The molecule has 95 heavy (non-hydrogen) atoms. The zero-order valence-corrected chi connectivity index (χ0v) is 61.3. The molecule has 0 saturated carbocycles. The molecule has 6 heteroatoms. The number of rotatable bonds is 5. The van der Waals surface area contributed by atoms with Crippen LogP contribution in [0.3, 0.4) is 0 Å². The van der Waals surface area contributed by atoms with Crippen LogP contribution < -0.4 is 16.4 Å². The number of fused-ring (bicyclic) bond motifs is 10. The van der Waals surface area contributed by atoms with Gasteiger partial charge in [0.15, 0.2) is 17.5 Å². The van der Waals surface area contributed by atoms with Gasteiger partial charge in [0.2, 0.25) is 0 Å². The van der Waals surface area contributed by atoms with E-state index in [1.165, 1.54) is 127 Å². The zero-order valence-electron chi connectivity index (χ0n) is 61.3. The molecule has 12 aromatic rings. The molecule has 14 rings (SSSR count). The monoisotopic (exact) mass is 1250 g/mol. The fourth-order valence-corrected chi connectivity index (χ4v) is 15.2. The van der Waals surface area contributed by atoms with E-state index in [4.69, 9.17) is 15.0 Å². The van der Waals surface area contributed by atoms with Crippen molar-refractivity contribution in [3.05, 3.63) is 202 Å². The van der Waals surface area contributed by atoms with Gasteiger partial charge in [-0.25, -0.2) is 15.0 Å². The van der Waals surface area contributed by atoms with Gasteiger partial charge in [-0.3, -0.25) is 0 Å². The van der Waals surface area contributed by atoms with Crippen LogP contribution in [0.15, 0.2) is 158 Å². The molecule has 0 aliphatic carbocycles. The number of benzene rings is 9. The summed E-state index contributed by atoms with van der Waals surface area (Å²) in [5.41, 5.74) is 28.1. The lowest BCUT2D eigenvalue weighted by Gasteiger charge is -2.34. The minimum atomic E-state index is -0.210. The fraction of sp³-hybridized carbons (Fsp3) is 0.360. The van der Waals surface area contributed by atoms with E-state index >= 15 is 0 Å². The number of nitrogens with zero attached hydrogens (tertiary/aromatic N) is 5. The minimum absolute atomic E-state index is 0.140. The Morgan fingerprint density at radius 2 is 0.568 bits per heavy atom. The molecular formula is C89H98BN5. The van der Waals surface area contributed by atoms with E-state index in [0.717, 1.165) is 28.1 Å². The maximum absolute atomic E-state index is 5.89. The van der Waals surface area contributed by atoms with Crippen LogP contribution in [0.25, 0.3) is 111 Å². The highest BCUT2D eigenvalue weighted by molar-refractivity contribution is 7.00. The average molecular weight is 1250 g/mol. The van der Waals surface area contributed by atoms with Gasteiger partial charge in [-0.15, -0.1) is 0 Å². The van der Waals surface area contributed by atoms with Crippen molar-refractivity contribution in [2.24, 2.45) is 0 Å². The lowest BCUT2D eigenvalue weighted by Crippen LogP contribution is -2.59. The summed E-state index contributed by atoms with van der Waals surface area (Å²) < 4.78 is 5.41. The second-order valence-corrected chi connectivity index (χ2v) is 36.4. The Morgan fingerprint density at radius 1 is 0.274 bits per heavy atom. The Labute approximate surface area is 567 Å². The Balaban J connectivity index is 1.23. The van der Waals surface area contributed by atoms with Crippen LogP contribution in [0.4, 0.5) is 0 Å². The first-order valence-electron chi connectivity index (χ1n) is 34.9. The van der Waals surface area contributed by atoms with Crippen LogP contribution in [0.5, 0.6) is 0 Å². The highest BCUT2D eigenvalue weighted by Crippen LogP contribution is 2.51. The quantitative estimate of drug-likeness (QED) is 0.161. The van der Waals surface area contributed by atoms with Gasteiger partial charge in [-0.05, 0) is 175 Å². The van der Waals surface area contributed by atoms with Crippen LogP contribution in [0, 0.1) is 0 Å². The molecule has 0 fully saturated rings. The van der Waals surface area contributed by atoms with Crippen molar-refractivity contribution in [2.75, 3.05) is 0 Å². The Hall–Kier alpha value is -8.35. The molecule has 0 bridgehead atoms. The second-order valence-electron chi connectivity index (χ2n) is 36.4. The number of hydrogen-bond donors (Lipinski definition) is 0. The first-order valence-corrected chi connectivity index (χ1v) is 34.9. The fourth-order valence-electron chi connectivity index (χ4n) is 15.2. The third kappa shape index (κ3) is 10.6. The molecule has 0 amide bonds. The van der Waals surface area contributed by atoms with Crippen molar-refractivity contribution < 1.29 is 0 Å². The van der Waals surface area contributed by atoms with Crippen molar-refractivity contribution >= 4 is 66.7 Å². The van der Waals surface area contributed by atoms with E-state index in [0.29, 0.717) is 17.5 Å². The summed E-state index contributed by atoms with van der Waals surface area (Å²) in [6.07, 6.45) is 0. The van der Waals surface area contributed by atoms with Crippen LogP contribution in [-0.2, 0) is 43.3 Å². The Kier molecular flexibility index (Phi) is 14.2. The molecule has 0 unspecified atom stereocenters. The number of aromatic nitrogens is 5. The van der Waals surface area contributed by atoms with Gasteiger partial charge in [0.25, 0.3) is 6.71 Å². The van der Waals surface area contributed by atoms with Gasteiger partial charge in [0, 0.05) is 49.6 Å². The molecule has 0 N–H and O–H groups in total. The van der Waals surface area contributed by atoms with Gasteiger partial charge in [-0.2, -0.15) is 0 Å². The summed E-state index contributed by atoms with van der Waals surface area (Å²) in [5.74, 6) is 1.97. The summed E-state index contributed by atoms with van der Waals surface area (Å²) >= 11 is 0. The summed E-state index contributed by atoms with van der Waals surface area (Å²) in [6, 6.07) is 61.5. The molecule has 2 aliphatic rings. The second kappa shape index (κ2) is 21.1. The van der Waals surface area contributed by atoms with E-state index in [9.17, 15) is 0 Å². The first-order chi connectivity index (χ1) is 44.2. The molecule has 5 heterocycles. The van der Waals surface area contributed by atoms with Gasteiger partial charge < -0.3 is 9.13 Å². The molecular weight excluding hydrogens is 1150 g/mol. The van der Waals surface area contributed by atoms with Gasteiger partial charge in [-0.1, -0.05) is 275 Å². The summed E-state index contributed by atoms with van der Waals surface area (Å²) in [4.78, 5) is 17.5. The predicted molar refractivity (Wildman–Crippen MR) is 410 cm³/mol. The van der Waals surface area contributed by atoms with Gasteiger partial charge in [0.05, 0.1) is 22.1 Å². The highest BCUT2D eigenvalue weighted by atomic mass is 15.1. The Morgan fingerprint density at radius 3 is 0.863 bits per heavy atom. The van der Waals surface area contributed by atoms with Crippen molar-refractivity contribution in [3.8, 4) is 67.8 Å². The largest absolute Gasteiger partial charge is 0.310 e. The average Bonchev–Trinajstić information content (AvgIpc) is 1.53. The van der Waals surface area contributed by atoms with E-state index in [-0.39, 0.29) is 50.0 Å². The normalized spacial score (nSPS) is 13.9. The van der Waals surface area contributed by atoms with Gasteiger partial charge >= 0.3 is 0 Å². The maximum Gasteiger partial charge on any atom is 0.252 e. The Bertz CT molecular complexity index is 4780. The smallest absolute Gasteiger partial charge is 0.252 e. The van der Waals surface area contributed by atoms with Crippen LogP contribution >= 0.6 is 0 Å². The minimum Gasteiger partial charge on any atom is -0.310 e. The topological polar surface area (TPSA) is 48.5 Å². The van der Waals surface area contributed by atoms with Crippen molar-refractivity contribution in [2.45, 2.75) is 209 Å². The molecule has 0 radical (unpaired) electrons. The van der Waals surface area contributed by atoms with Crippen LogP contribution in [0.1, 0.15) is 211 Å². The van der Waals surface area contributed by atoms with Crippen molar-refractivity contribution in [3.63, 3.8) is 0 Å². The molecule has 0 atom stereocenters. The van der Waals surface area contributed by atoms with Gasteiger partial charge in [0.1, 0.15) is 0 Å². The predicted octanol–water partition coefficient (Wildman–Crippen LogP) is 21.9. The molecule has 5 nitrogen and oxygen atoms in total. The lowest BCUT2D eigenvalue weighted by atomic mass is 9.34. The first kappa shape index (κ1) is 64.0. The third-order valence-corrected chi connectivity index (χ3v) is 20.9. The molecule has 3 aromatic heterocycles. The van der Waals surface area contributed by atoms with Crippen molar-refractivity contribution in [1.82, 2.24) is 24.1 Å². The van der Waals surface area contributed by atoms with E-state index in [1.807, 2.05) is 0 Å². The van der Waals surface area contributed by atoms with E-state index < -0.39 is 0 Å². The lowest BCUT2D eigenvalue weighted by molar-refractivity contribution is 0.568. The summed E-state index contributed by atoms with van der Waals surface area (Å²) in [6.45, 7) is 56.3. The van der Waals surface area contributed by atoms with E-state index in [2.05, 4.69) is 333 Å². The zero-order chi connectivity index (χ0) is 68.1. The maximum atomic E-state index is 5.89. The molecule has 2 aliphatic heterocycles. The molecule has 9 aromatic carbocycles. The van der Waals surface area contributed by atoms with Crippen molar-refractivity contribution in [1.29, 1.82) is 0 Å². The highest BCUT2D eigenvalue weighted by Gasteiger charge is 2.44. The third-order valence-electron chi connectivity index (χ3n) is 20.9. The standard InChI is InChI=1S/C89H98BN5/c1-82(2,3)56-39-53(40-57(45-56)83(4,5)6)79-91-80(54-41-58(84(7,8)9)46-59(42-54)85(10,11)12)93-81(92-79)55-43-70-76-71(44-55)95-69-50-61(87(16,17)18)48-65(89(22,23)24)75(69)73-63(52-33-29-26-30-34-52)36-38-67(78(73)95)90(76)66-37-35-62(51-31-27-25-28-32-51)72-74-64(88(19,20)21)47-60(86(13,14)15)49-68(74)94(70)77(66)72/h25-50H,1-24H3. The van der Waals surface area contributed by atoms with E-state index in [1.54, 1.807) is 0 Å². The SMILES string of the molecule is CC(C)(C)c1cc(-c2nc(-c3cc(C(C)(C)C)cc(C(C)(C)C)c3)nc(-c3cc4c5c(c3)-n3c6cc(C(C)(C)C)cc(C(C)(C)C)c6c6c(-c7ccccc7)ccc(c63)B5c3ccc(-c5ccccc5)c5c6c(C(C)(C)C)cc(C(C)(C)C)cc6n-4c35)n2)cc(C(C)(C)C)c1. The number of hydrogen-bond acceptors (Lipinski definition) is 3. The summed E-state index contributed by atoms with van der Waals surface area (Å²) in [5, 5.41) is 5.21. The molecule has 0 saturated heterocycles.